The molecule has 0 unspecified atom stereocenters. The maximum atomic E-state index is 13.0. The van der Waals surface area contributed by atoms with Crippen molar-refractivity contribution in [2.75, 3.05) is 4.90 Å². The molecule has 0 fully saturated rings. The molecular weight excluding hydrogens is 368 g/mol. The number of anilines is 1. The van der Waals surface area contributed by atoms with Crippen LogP contribution in [0.1, 0.15) is 31.1 Å². The van der Waals surface area contributed by atoms with Crippen LogP contribution in [0.25, 0.3) is 10.8 Å². The lowest BCUT2D eigenvalue weighted by atomic mass is 9.93. The molecule has 1 heterocycles. The van der Waals surface area contributed by atoms with Gasteiger partial charge in [-0.15, -0.1) is 0 Å². The van der Waals surface area contributed by atoms with Crippen LogP contribution in [-0.2, 0) is 0 Å². The van der Waals surface area contributed by atoms with Crippen LogP contribution in [0.5, 0.6) is 5.75 Å². The number of rotatable bonds is 3. The summed E-state index contributed by atoms with van der Waals surface area (Å²) >= 11 is 0. The second-order valence-electron chi connectivity index (χ2n) is 6.11. The van der Waals surface area contributed by atoms with E-state index in [1.54, 1.807) is 6.07 Å². The number of nitro benzene ring substituents is 1. The number of aromatic carboxylic acids is 1. The van der Waals surface area contributed by atoms with Gasteiger partial charge in [-0.1, -0.05) is 12.1 Å². The van der Waals surface area contributed by atoms with E-state index in [0.29, 0.717) is 10.3 Å². The Bertz CT molecular complexity index is 1230. The van der Waals surface area contributed by atoms with E-state index in [1.165, 1.54) is 18.2 Å². The maximum Gasteiger partial charge on any atom is 0.335 e. The highest BCUT2D eigenvalue weighted by molar-refractivity contribution is 6.36. The van der Waals surface area contributed by atoms with E-state index in [-0.39, 0.29) is 33.5 Å². The molecule has 4 rings (SSSR count). The Hall–Kier alpha value is -4.27. The summed E-state index contributed by atoms with van der Waals surface area (Å²) in [6, 6.07) is 10.0. The molecule has 9 nitrogen and oxygen atoms in total. The molecule has 1 aliphatic rings. The van der Waals surface area contributed by atoms with Gasteiger partial charge in [0.15, 0.2) is 0 Å². The molecule has 0 spiro atoms. The molecule has 138 valence electrons. The minimum atomic E-state index is -1.31. The van der Waals surface area contributed by atoms with E-state index in [0.717, 1.165) is 24.3 Å². The minimum absolute atomic E-state index is 0.0838. The maximum absolute atomic E-state index is 13.0. The van der Waals surface area contributed by atoms with Crippen LogP contribution in [0.3, 0.4) is 0 Å². The first-order chi connectivity index (χ1) is 13.3. The number of phenolic OH excluding ortho intramolecular Hbond substituents is 1. The van der Waals surface area contributed by atoms with E-state index in [2.05, 4.69) is 0 Å². The first-order valence-corrected chi connectivity index (χ1v) is 7.96. The lowest BCUT2D eigenvalue weighted by Crippen LogP contribution is -2.40. The summed E-state index contributed by atoms with van der Waals surface area (Å²) in [5, 5.41) is 31.2. The number of hydrogen-bond donors (Lipinski definition) is 2. The predicted octanol–water partition coefficient (Wildman–Crippen LogP) is 2.95. The van der Waals surface area contributed by atoms with Crippen molar-refractivity contribution in [3.05, 3.63) is 75.3 Å². The number of amides is 2. The summed E-state index contributed by atoms with van der Waals surface area (Å²) in [6.45, 7) is 0. The molecule has 0 bridgehead atoms. The fraction of sp³-hybridized carbons (Fsp3) is 0. The minimum Gasteiger partial charge on any atom is -0.506 e. The number of non-ortho nitro benzene ring substituents is 1. The van der Waals surface area contributed by atoms with Gasteiger partial charge in [0.1, 0.15) is 5.75 Å². The van der Waals surface area contributed by atoms with Gasteiger partial charge >= 0.3 is 5.97 Å². The second kappa shape index (κ2) is 5.88. The number of carbonyl (C=O) groups is 3. The largest absolute Gasteiger partial charge is 0.506 e. The van der Waals surface area contributed by atoms with Gasteiger partial charge in [-0.25, -0.2) is 9.69 Å². The van der Waals surface area contributed by atoms with Crippen LogP contribution in [-0.4, -0.2) is 32.9 Å². The lowest BCUT2D eigenvalue weighted by molar-refractivity contribution is -0.384. The molecule has 0 radical (unpaired) electrons. The van der Waals surface area contributed by atoms with Gasteiger partial charge in [-0.3, -0.25) is 19.7 Å². The van der Waals surface area contributed by atoms with Gasteiger partial charge in [-0.2, -0.15) is 0 Å². The molecule has 28 heavy (non-hydrogen) atoms. The summed E-state index contributed by atoms with van der Waals surface area (Å²) in [4.78, 5) is 48.5. The third-order valence-electron chi connectivity index (χ3n) is 4.50. The van der Waals surface area contributed by atoms with Gasteiger partial charge in [-0.05, 0) is 29.7 Å². The first kappa shape index (κ1) is 17.2. The van der Waals surface area contributed by atoms with Gasteiger partial charge < -0.3 is 10.2 Å². The molecule has 0 saturated heterocycles. The SMILES string of the molecule is O=C(O)c1ccc(O)c(N2C(=O)c3cccc4cc([N+](=O)[O-])cc(c34)C2=O)c1. The molecule has 3 aromatic rings. The summed E-state index contributed by atoms with van der Waals surface area (Å²) in [5.41, 5.74) is -0.854. The third-order valence-corrected chi connectivity index (χ3v) is 4.50. The van der Waals surface area contributed by atoms with Crippen LogP contribution >= 0.6 is 0 Å². The molecule has 3 aromatic carbocycles. The number of imide groups is 1. The topological polar surface area (TPSA) is 138 Å². The van der Waals surface area contributed by atoms with E-state index >= 15 is 0 Å². The van der Waals surface area contributed by atoms with E-state index < -0.39 is 28.5 Å². The molecule has 2 amide bonds. The van der Waals surface area contributed by atoms with Crippen molar-refractivity contribution < 1.29 is 29.5 Å². The van der Waals surface area contributed by atoms with Crippen LogP contribution in [0, 0.1) is 10.1 Å². The summed E-state index contributed by atoms with van der Waals surface area (Å²) in [7, 11) is 0. The van der Waals surface area contributed by atoms with Gasteiger partial charge in [0, 0.05) is 23.1 Å². The number of benzene rings is 3. The van der Waals surface area contributed by atoms with Crippen molar-refractivity contribution >= 4 is 39.9 Å². The van der Waals surface area contributed by atoms with Crippen molar-refractivity contribution in [2.24, 2.45) is 0 Å². The Balaban J connectivity index is 2.00. The average Bonchev–Trinajstić information content (AvgIpc) is 2.66. The number of carboxylic acid groups (broad SMARTS) is 1. The van der Waals surface area contributed by atoms with Gasteiger partial charge in [0.05, 0.1) is 21.7 Å². The summed E-state index contributed by atoms with van der Waals surface area (Å²) in [6.07, 6.45) is 0. The Labute approximate surface area is 156 Å². The molecule has 9 heteroatoms. The fourth-order valence-electron chi connectivity index (χ4n) is 3.25. The highest BCUT2D eigenvalue weighted by Crippen LogP contribution is 2.38. The van der Waals surface area contributed by atoms with Crippen LogP contribution in [0.4, 0.5) is 11.4 Å². The Kier molecular flexibility index (Phi) is 3.60. The van der Waals surface area contributed by atoms with Crippen LogP contribution < -0.4 is 4.90 Å². The number of carbonyl (C=O) groups excluding carboxylic acids is 2. The number of aromatic hydroxyl groups is 1. The van der Waals surface area contributed by atoms with Crippen molar-refractivity contribution in [1.29, 1.82) is 0 Å². The molecular formula is C19H10N2O7. The number of nitro groups is 1. The van der Waals surface area contributed by atoms with Crippen LogP contribution in [0.15, 0.2) is 48.5 Å². The Morgan fingerprint density at radius 1 is 1.00 bits per heavy atom. The van der Waals surface area contributed by atoms with Crippen molar-refractivity contribution in [1.82, 2.24) is 0 Å². The van der Waals surface area contributed by atoms with Crippen molar-refractivity contribution in [2.45, 2.75) is 0 Å². The zero-order valence-corrected chi connectivity index (χ0v) is 13.9. The number of phenols is 1. The smallest absolute Gasteiger partial charge is 0.335 e. The van der Waals surface area contributed by atoms with Crippen molar-refractivity contribution in [3.8, 4) is 5.75 Å². The highest BCUT2D eigenvalue weighted by Gasteiger charge is 2.36. The molecule has 0 saturated carbocycles. The molecule has 0 aromatic heterocycles. The second-order valence-corrected chi connectivity index (χ2v) is 6.11. The standard InChI is InChI=1S/C19H10N2O7/c22-15-5-4-10(19(25)26)7-14(15)20-17(23)12-3-1-2-9-6-11(21(27)28)8-13(16(9)12)18(20)24/h1-8,22H,(H,25,26). The quantitative estimate of drug-likeness (QED) is 0.406. The number of carboxylic acids is 1. The van der Waals surface area contributed by atoms with E-state index in [9.17, 15) is 29.6 Å². The predicted molar refractivity (Wildman–Crippen MR) is 96.8 cm³/mol. The fourth-order valence-corrected chi connectivity index (χ4v) is 3.25. The lowest BCUT2D eigenvalue weighted by Gasteiger charge is -2.27. The molecule has 2 N–H and O–H groups in total. The third kappa shape index (κ3) is 2.37. The van der Waals surface area contributed by atoms with Gasteiger partial charge in [0.2, 0.25) is 0 Å². The van der Waals surface area contributed by atoms with Crippen LogP contribution in [0.2, 0.25) is 0 Å². The zero-order valence-electron chi connectivity index (χ0n) is 13.9. The molecule has 0 atom stereocenters. The summed E-state index contributed by atoms with van der Waals surface area (Å²) in [5.74, 6) is -3.45. The van der Waals surface area contributed by atoms with E-state index in [4.69, 9.17) is 5.11 Å². The van der Waals surface area contributed by atoms with Gasteiger partial charge in [0.25, 0.3) is 17.5 Å². The average molecular weight is 378 g/mol. The zero-order chi connectivity index (χ0) is 20.2. The Morgan fingerprint density at radius 2 is 1.71 bits per heavy atom. The monoisotopic (exact) mass is 378 g/mol. The number of nitrogens with zero attached hydrogens (tertiary/aromatic N) is 2. The number of hydrogen-bond acceptors (Lipinski definition) is 6. The highest BCUT2D eigenvalue weighted by atomic mass is 16.6. The van der Waals surface area contributed by atoms with E-state index in [1.807, 2.05) is 0 Å². The first-order valence-electron chi connectivity index (χ1n) is 7.96. The summed E-state index contributed by atoms with van der Waals surface area (Å²) < 4.78 is 0. The Morgan fingerprint density at radius 3 is 2.39 bits per heavy atom. The molecule has 0 aliphatic carbocycles. The normalized spacial score (nSPS) is 13.1. The molecule has 1 aliphatic heterocycles. The van der Waals surface area contributed by atoms with Crippen molar-refractivity contribution in [3.63, 3.8) is 0 Å².